The molecule has 0 radical (unpaired) electrons. The molecule has 3 aromatic rings. The van der Waals surface area contributed by atoms with Crippen molar-refractivity contribution >= 4 is 11.2 Å². The van der Waals surface area contributed by atoms with E-state index in [-0.39, 0.29) is 0 Å². The van der Waals surface area contributed by atoms with E-state index in [1.807, 2.05) is 41.1 Å². The van der Waals surface area contributed by atoms with E-state index in [1.165, 1.54) is 0 Å². The quantitative estimate of drug-likeness (QED) is 0.596. The molecule has 3 rings (SSSR count). The number of H-pyrrole nitrogens is 1. The van der Waals surface area contributed by atoms with Gasteiger partial charge in [-0.15, -0.1) is 0 Å². The molecule has 4 nitrogen and oxygen atoms in total. The van der Waals surface area contributed by atoms with Crippen molar-refractivity contribution in [1.29, 1.82) is 0 Å². The molecule has 0 unspecified atom stereocenters. The first-order valence-electron chi connectivity index (χ1n) is 4.69. The van der Waals surface area contributed by atoms with Crippen LogP contribution >= 0.6 is 0 Å². The number of para-hydroxylation sites is 1. The second-order valence-corrected chi connectivity index (χ2v) is 3.26. The van der Waals surface area contributed by atoms with Crippen LogP contribution in [0.3, 0.4) is 0 Å². The summed E-state index contributed by atoms with van der Waals surface area (Å²) in [4.78, 5) is 11.3. The third kappa shape index (κ3) is 1.36. The van der Waals surface area contributed by atoms with Crippen molar-refractivity contribution in [2.24, 2.45) is 0 Å². The van der Waals surface area contributed by atoms with Gasteiger partial charge in [-0.05, 0) is 17.1 Å². The Morgan fingerprint density at radius 2 is 1.93 bits per heavy atom. The third-order valence-electron chi connectivity index (χ3n) is 2.27. The number of hydrogen-bond donors (Lipinski definition) is 1. The highest BCUT2D eigenvalue weighted by Gasteiger charge is 2.07. The van der Waals surface area contributed by atoms with Crippen molar-refractivity contribution in [2.45, 2.75) is 0 Å². The van der Waals surface area contributed by atoms with Gasteiger partial charge in [-0.25, -0.2) is 4.57 Å². The number of aromatic amines is 1. The summed E-state index contributed by atoms with van der Waals surface area (Å²) < 4.78 is 1.96. The predicted octanol–water partition coefficient (Wildman–Crippen LogP) is 1.23. The summed E-state index contributed by atoms with van der Waals surface area (Å²) in [6, 6.07) is 10.1. The third-order valence-corrected chi connectivity index (χ3v) is 2.27. The monoisotopic (exact) mass is 197 g/mol. The summed E-state index contributed by atoms with van der Waals surface area (Å²) in [5, 5.41) is 0. The molecule has 0 saturated heterocycles. The minimum Gasteiger partial charge on any atom is -0.338 e. The summed E-state index contributed by atoms with van der Waals surface area (Å²) in [5.41, 5.74) is 2.75. The number of fused-ring (bicyclic) bond motifs is 1. The zero-order chi connectivity index (χ0) is 10.1. The maximum Gasteiger partial charge on any atom is 0.294 e. The number of rotatable bonds is 1. The zero-order valence-electron chi connectivity index (χ0n) is 7.96. The second kappa shape index (κ2) is 3.16. The van der Waals surface area contributed by atoms with Crippen LogP contribution in [0, 0.1) is 0 Å². The molecule has 0 spiro atoms. The van der Waals surface area contributed by atoms with Gasteiger partial charge >= 0.3 is 0 Å². The van der Waals surface area contributed by atoms with E-state index in [0.717, 1.165) is 16.9 Å². The number of aromatic nitrogens is 4. The normalized spacial score (nSPS) is 10.7. The van der Waals surface area contributed by atoms with Crippen LogP contribution in [0.5, 0.6) is 0 Å². The lowest BCUT2D eigenvalue weighted by molar-refractivity contribution is -0.597. The topological polar surface area (TPSA) is 45.5 Å². The van der Waals surface area contributed by atoms with Gasteiger partial charge in [0.1, 0.15) is 11.9 Å². The highest BCUT2D eigenvalue weighted by Crippen LogP contribution is 2.02. The Labute approximate surface area is 86.2 Å². The molecule has 1 aromatic carbocycles. The molecule has 2 aromatic heterocycles. The number of nitrogens with zero attached hydrogens (tertiary/aromatic N) is 3. The summed E-state index contributed by atoms with van der Waals surface area (Å²) in [7, 11) is 0. The highest BCUT2D eigenvalue weighted by molar-refractivity contribution is 5.66. The Balaban J connectivity index is 2.19. The van der Waals surface area contributed by atoms with E-state index in [2.05, 4.69) is 15.0 Å². The SMILES string of the molecule is c1ccc(-[n+]2cnc3nc[nH]c3c2)cc1. The Morgan fingerprint density at radius 1 is 1.07 bits per heavy atom. The van der Waals surface area contributed by atoms with Crippen molar-refractivity contribution in [3.63, 3.8) is 0 Å². The molecule has 2 heterocycles. The molecular formula is C11H9N4+. The van der Waals surface area contributed by atoms with Crippen LogP contribution in [0.25, 0.3) is 16.9 Å². The Morgan fingerprint density at radius 3 is 2.80 bits per heavy atom. The maximum absolute atomic E-state index is 4.24. The Bertz CT molecular complexity index is 586. The lowest BCUT2D eigenvalue weighted by Gasteiger charge is -1.95. The molecule has 0 aliphatic rings. The molecule has 1 N–H and O–H groups in total. The van der Waals surface area contributed by atoms with E-state index in [9.17, 15) is 0 Å². The van der Waals surface area contributed by atoms with Crippen molar-refractivity contribution in [3.05, 3.63) is 49.2 Å². The summed E-state index contributed by atoms with van der Waals surface area (Å²) in [5.74, 6) is 0. The first kappa shape index (κ1) is 8.11. The van der Waals surface area contributed by atoms with Gasteiger partial charge in [0.05, 0.1) is 6.33 Å². The smallest absolute Gasteiger partial charge is 0.294 e. The van der Waals surface area contributed by atoms with Gasteiger partial charge in [0.2, 0.25) is 0 Å². The first-order valence-corrected chi connectivity index (χ1v) is 4.69. The molecule has 4 heteroatoms. The fraction of sp³-hybridized carbons (Fsp3) is 0. The Hall–Kier alpha value is -2.23. The van der Waals surface area contributed by atoms with Crippen LogP contribution in [-0.4, -0.2) is 15.0 Å². The lowest BCUT2D eigenvalue weighted by Crippen LogP contribution is -2.30. The van der Waals surface area contributed by atoms with Crippen molar-refractivity contribution in [2.75, 3.05) is 0 Å². The average molecular weight is 197 g/mol. The van der Waals surface area contributed by atoms with Gasteiger partial charge in [0.25, 0.3) is 12.0 Å². The molecule has 0 atom stereocenters. The predicted molar refractivity (Wildman–Crippen MR) is 55.4 cm³/mol. The minimum atomic E-state index is 0.738. The average Bonchev–Trinajstić information content (AvgIpc) is 2.77. The fourth-order valence-electron chi connectivity index (χ4n) is 1.53. The van der Waals surface area contributed by atoms with Crippen LogP contribution in [0.1, 0.15) is 0 Å². The maximum atomic E-state index is 4.24. The molecule has 72 valence electrons. The fourth-order valence-corrected chi connectivity index (χ4v) is 1.53. The second-order valence-electron chi connectivity index (χ2n) is 3.26. The number of hydrogen-bond acceptors (Lipinski definition) is 2. The molecule has 0 saturated carbocycles. The van der Waals surface area contributed by atoms with Gasteiger partial charge in [0, 0.05) is 0 Å². The zero-order valence-corrected chi connectivity index (χ0v) is 7.96. The van der Waals surface area contributed by atoms with Gasteiger partial charge in [0.15, 0.2) is 5.52 Å². The molecule has 0 amide bonds. The highest BCUT2D eigenvalue weighted by atomic mass is 15.1. The van der Waals surface area contributed by atoms with Crippen molar-refractivity contribution in [1.82, 2.24) is 15.0 Å². The van der Waals surface area contributed by atoms with Gasteiger partial charge < -0.3 is 4.98 Å². The van der Waals surface area contributed by atoms with E-state index in [0.29, 0.717) is 0 Å². The largest absolute Gasteiger partial charge is 0.338 e. The summed E-state index contributed by atoms with van der Waals surface area (Å²) >= 11 is 0. The van der Waals surface area contributed by atoms with Crippen LogP contribution in [0.15, 0.2) is 49.2 Å². The lowest BCUT2D eigenvalue weighted by atomic mass is 10.3. The van der Waals surface area contributed by atoms with Crippen LogP contribution in [0.2, 0.25) is 0 Å². The van der Waals surface area contributed by atoms with Crippen LogP contribution in [0.4, 0.5) is 0 Å². The molecule has 0 fully saturated rings. The van der Waals surface area contributed by atoms with Gasteiger partial charge in [-0.1, -0.05) is 18.2 Å². The molecule has 0 bridgehead atoms. The molecule has 0 aliphatic carbocycles. The molecule has 15 heavy (non-hydrogen) atoms. The van der Waals surface area contributed by atoms with Crippen molar-refractivity contribution < 1.29 is 4.57 Å². The first-order chi connectivity index (χ1) is 7.43. The van der Waals surface area contributed by atoms with E-state index < -0.39 is 0 Å². The number of benzene rings is 1. The minimum absolute atomic E-state index is 0.738. The standard InChI is InChI=1S/C11H8N4/c1-2-4-9(5-3-1)15-6-10-11(14-8-15)13-7-12-10/h1-8H/p+1. The van der Waals surface area contributed by atoms with Crippen LogP contribution < -0.4 is 4.57 Å². The number of nitrogens with one attached hydrogen (secondary N) is 1. The summed E-state index contributed by atoms with van der Waals surface area (Å²) in [6.45, 7) is 0. The Kier molecular flexibility index (Phi) is 1.71. The van der Waals surface area contributed by atoms with Gasteiger partial charge in [-0.2, -0.15) is 4.98 Å². The van der Waals surface area contributed by atoms with Gasteiger partial charge in [-0.3, -0.25) is 0 Å². The number of imidazole rings is 1. The van der Waals surface area contributed by atoms with E-state index in [1.54, 1.807) is 12.7 Å². The summed E-state index contributed by atoms with van der Waals surface area (Å²) in [6.07, 6.45) is 5.39. The molecular weight excluding hydrogens is 188 g/mol. The van der Waals surface area contributed by atoms with Crippen molar-refractivity contribution in [3.8, 4) is 5.69 Å². The van der Waals surface area contributed by atoms with E-state index >= 15 is 0 Å². The molecule has 0 aliphatic heterocycles. The van der Waals surface area contributed by atoms with Crippen LogP contribution in [-0.2, 0) is 0 Å². The van der Waals surface area contributed by atoms with E-state index in [4.69, 9.17) is 0 Å².